The van der Waals surface area contributed by atoms with Crippen molar-refractivity contribution in [3.8, 4) is 0 Å². The lowest BCUT2D eigenvalue weighted by atomic mass is 9.93. The van der Waals surface area contributed by atoms with E-state index >= 15 is 0 Å². The predicted octanol–water partition coefficient (Wildman–Crippen LogP) is 3.31. The third kappa shape index (κ3) is 1.45. The van der Waals surface area contributed by atoms with Crippen molar-refractivity contribution in [3.63, 3.8) is 0 Å². The number of hydrogen-bond donors (Lipinski definition) is 0. The average Bonchev–Trinajstić information content (AvgIpc) is 2.35. The Bertz CT molecular complexity index is 594. The highest BCUT2D eigenvalue weighted by Crippen LogP contribution is 2.24. The molecule has 1 aliphatic rings. The molecule has 1 aliphatic carbocycles. The third-order valence-electron chi connectivity index (χ3n) is 3.16. The molecule has 0 aliphatic heterocycles. The van der Waals surface area contributed by atoms with Crippen LogP contribution in [0.3, 0.4) is 0 Å². The summed E-state index contributed by atoms with van der Waals surface area (Å²) in [6.07, 6.45) is 7.36. The van der Waals surface area contributed by atoms with Crippen molar-refractivity contribution in [1.29, 1.82) is 0 Å². The summed E-state index contributed by atoms with van der Waals surface area (Å²) >= 11 is 0. The summed E-state index contributed by atoms with van der Waals surface area (Å²) in [5.74, 6) is 0. The van der Waals surface area contributed by atoms with Gasteiger partial charge in [0.05, 0.1) is 0 Å². The number of aldehydes is 1. The molecule has 0 unspecified atom stereocenters. The number of carbonyl (C=O) groups excluding carboxylic acids is 1. The van der Waals surface area contributed by atoms with E-state index in [1.807, 2.05) is 18.2 Å². The summed E-state index contributed by atoms with van der Waals surface area (Å²) in [6.45, 7) is 0. The van der Waals surface area contributed by atoms with Gasteiger partial charge in [-0.3, -0.25) is 4.79 Å². The van der Waals surface area contributed by atoms with E-state index in [1.54, 1.807) is 0 Å². The zero-order valence-corrected chi connectivity index (χ0v) is 8.94. The maximum atomic E-state index is 10.7. The van der Waals surface area contributed by atoms with Crippen molar-refractivity contribution in [1.82, 2.24) is 0 Å². The van der Waals surface area contributed by atoms with Gasteiger partial charge in [-0.05, 0) is 40.8 Å². The Morgan fingerprint density at radius 3 is 2.25 bits per heavy atom. The summed E-state index contributed by atoms with van der Waals surface area (Å²) in [4.78, 5) is 10.7. The van der Waals surface area contributed by atoms with Crippen molar-refractivity contribution in [2.75, 3.05) is 0 Å². The average molecular weight is 208 g/mol. The van der Waals surface area contributed by atoms with Crippen LogP contribution < -0.4 is 0 Å². The van der Waals surface area contributed by atoms with Gasteiger partial charge in [-0.2, -0.15) is 0 Å². The molecule has 1 nitrogen and oxygen atoms in total. The maximum Gasteiger partial charge on any atom is 0.150 e. The van der Waals surface area contributed by atoms with E-state index in [4.69, 9.17) is 0 Å². The molecule has 2 aromatic rings. The van der Waals surface area contributed by atoms with E-state index in [9.17, 15) is 4.79 Å². The first-order valence-electron chi connectivity index (χ1n) is 5.52. The number of allylic oxidation sites excluding steroid dienone is 2. The molecule has 2 aromatic carbocycles. The van der Waals surface area contributed by atoms with Gasteiger partial charge >= 0.3 is 0 Å². The highest BCUT2D eigenvalue weighted by molar-refractivity contribution is 5.90. The fraction of sp³-hybridized carbons (Fsp3) is 0.133. The standard InChI is InChI=1S/C15H12O/c16-10-11-5-6-14-8-12-3-1-2-4-13(12)9-15(14)7-11/h1-2,5-10H,3-4H2. The van der Waals surface area contributed by atoms with Gasteiger partial charge in [0.25, 0.3) is 0 Å². The van der Waals surface area contributed by atoms with Crippen molar-refractivity contribution < 1.29 is 4.79 Å². The number of rotatable bonds is 1. The zero-order valence-electron chi connectivity index (χ0n) is 8.94. The molecule has 0 spiro atoms. The topological polar surface area (TPSA) is 17.1 Å². The van der Waals surface area contributed by atoms with Gasteiger partial charge < -0.3 is 0 Å². The lowest BCUT2D eigenvalue weighted by Crippen LogP contribution is -1.97. The van der Waals surface area contributed by atoms with Crippen molar-refractivity contribution in [2.24, 2.45) is 0 Å². The quantitative estimate of drug-likeness (QED) is 0.519. The SMILES string of the molecule is O=Cc1ccc2cc3c(cc2c1)CC=CC3. The summed E-state index contributed by atoms with van der Waals surface area (Å²) in [5.41, 5.74) is 3.55. The molecular formula is C15H12O. The molecule has 16 heavy (non-hydrogen) atoms. The molecule has 0 bridgehead atoms. The third-order valence-corrected chi connectivity index (χ3v) is 3.16. The van der Waals surface area contributed by atoms with E-state index in [2.05, 4.69) is 24.3 Å². The Morgan fingerprint density at radius 2 is 1.56 bits per heavy atom. The first-order chi connectivity index (χ1) is 7.86. The molecular weight excluding hydrogens is 196 g/mol. The lowest BCUT2D eigenvalue weighted by molar-refractivity contribution is 0.112. The number of hydrogen-bond acceptors (Lipinski definition) is 1. The van der Waals surface area contributed by atoms with E-state index in [0.717, 1.165) is 24.7 Å². The minimum atomic E-state index is 0.749. The van der Waals surface area contributed by atoms with Gasteiger partial charge in [0.15, 0.2) is 0 Å². The molecule has 0 amide bonds. The van der Waals surface area contributed by atoms with Gasteiger partial charge in [0.1, 0.15) is 6.29 Å². The minimum Gasteiger partial charge on any atom is -0.298 e. The lowest BCUT2D eigenvalue weighted by Gasteiger charge is -2.12. The molecule has 0 radical (unpaired) electrons. The van der Waals surface area contributed by atoms with Crippen molar-refractivity contribution >= 4 is 17.1 Å². The number of carbonyl (C=O) groups is 1. The van der Waals surface area contributed by atoms with Crippen LogP contribution in [0, 0.1) is 0 Å². The first kappa shape index (κ1) is 9.34. The molecule has 3 rings (SSSR count). The zero-order chi connectivity index (χ0) is 11.0. The smallest absolute Gasteiger partial charge is 0.150 e. The summed E-state index contributed by atoms with van der Waals surface area (Å²) < 4.78 is 0. The van der Waals surface area contributed by atoms with Crippen LogP contribution in [0.4, 0.5) is 0 Å². The predicted molar refractivity (Wildman–Crippen MR) is 65.9 cm³/mol. The minimum absolute atomic E-state index is 0.749. The van der Waals surface area contributed by atoms with Crippen LogP contribution in [-0.4, -0.2) is 6.29 Å². The van der Waals surface area contributed by atoms with E-state index in [0.29, 0.717) is 0 Å². The van der Waals surface area contributed by atoms with Gasteiger partial charge in [-0.1, -0.05) is 36.4 Å². The summed E-state index contributed by atoms with van der Waals surface area (Å²) in [7, 11) is 0. The van der Waals surface area contributed by atoms with Crippen molar-refractivity contribution in [3.05, 3.63) is 59.2 Å². The monoisotopic (exact) mass is 208 g/mol. The molecule has 0 saturated carbocycles. The molecule has 78 valence electrons. The van der Waals surface area contributed by atoms with E-state index < -0.39 is 0 Å². The van der Waals surface area contributed by atoms with Gasteiger partial charge in [0, 0.05) is 5.56 Å². The first-order valence-corrected chi connectivity index (χ1v) is 5.52. The Kier molecular flexibility index (Phi) is 2.10. The van der Waals surface area contributed by atoms with Gasteiger partial charge in [0.2, 0.25) is 0 Å². The fourth-order valence-corrected chi connectivity index (χ4v) is 2.28. The largest absolute Gasteiger partial charge is 0.298 e. The molecule has 0 heterocycles. The van der Waals surface area contributed by atoms with Crippen LogP contribution in [0.5, 0.6) is 0 Å². The van der Waals surface area contributed by atoms with E-state index in [1.165, 1.54) is 21.9 Å². The second kappa shape index (κ2) is 3.60. The van der Waals surface area contributed by atoms with Crippen LogP contribution in [-0.2, 0) is 12.8 Å². The van der Waals surface area contributed by atoms with Crippen LogP contribution in [0.25, 0.3) is 10.8 Å². The summed E-state index contributed by atoms with van der Waals surface area (Å²) in [6, 6.07) is 10.3. The number of fused-ring (bicyclic) bond motifs is 2. The number of benzene rings is 2. The Labute approximate surface area is 94.4 Å². The highest BCUT2D eigenvalue weighted by atomic mass is 16.1. The van der Waals surface area contributed by atoms with Gasteiger partial charge in [-0.15, -0.1) is 0 Å². The highest BCUT2D eigenvalue weighted by Gasteiger charge is 2.06. The van der Waals surface area contributed by atoms with Crippen molar-refractivity contribution in [2.45, 2.75) is 12.8 Å². The second-order valence-electron chi connectivity index (χ2n) is 4.23. The normalized spacial score (nSPS) is 13.8. The fourth-order valence-electron chi connectivity index (χ4n) is 2.28. The van der Waals surface area contributed by atoms with Crippen LogP contribution in [0.2, 0.25) is 0 Å². The molecule has 0 N–H and O–H groups in total. The van der Waals surface area contributed by atoms with E-state index in [-0.39, 0.29) is 0 Å². The molecule has 0 aromatic heterocycles. The van der Waals surface area contributed by atoms with Crippen LogP contribution >= 0.6 is 0 Å². The van der Waals surface area contributed by atoms with Gasteiger partial charge in [-0.25, -0.2) is 0 Å². The Hall–Kier alpha value is -1.89. The van der Waals surface area contributed by atoms with Crippen LogP contribution in [0.1, 0.15) is 21.5 Å². The Morgan fingerprint density at radius 1 is 0.875 bits per heavy atom. The molecule has 0 atom stereocenters. The Balaban J connectivity index is 2.25. The second-order valence-corrected chi connectivity index (χ2v) is 4.23. The molecule has 1 heteroatoms. The van der Waals surface area contributed by atoms with Crippen LogP contribution in [0.15, 0.2) is 42.5 Å². The summed E-state index contributed by atoms with van der Waals surface area (Å²) in [5, 5.41) is 2.39. The molecule has 0 fully saturated rings. The molecule has 0 saturated heterocycles. The maximum absolute atomic E-state index is 10.7.